The Balaban J connectivity index is 1.46. The Hall–Kier alpha value is -4.06. The topological polar surface area (TPSA) is 56.3 Å². The van der Waals surface area contributed by atoms with E-state index >= 15 is 0 Å². The Morgan fingerprint density at radius 3 is 1.58 bits per heavy atom. The van der Waals surface area contributed by atoms with E-state index in [2.05, 4.69) is 101 Å². The largest absolute Gasteiger partial charge is 0.378 e. The van der Waals surface area contributed by atoms with E-state index in [1.165, 1.54) is 22.3 Å². The predicted molar refractivity (Wildman–Crippen MR) is 149 cm³/mol. The lowest BCUT2D eigenvalue weighted by Gasteiger charge is -2.51. The molecule has 7 rings (SSSR count). The molecule has 2 heterocycles. The van der Waals surface area contributed by atoms with Crippen molar-refractivity contribution in [1.82, 2.24) is 9.97 Å². The van der Waals surface area contributed by atoms with Crippen molar-refractivity contribution in [3.8, 4) is 0 Å². The molecule has 0 saturated heterocycles. The van der Waals surface area contributed by atoms with Crippen LogP contribution in [0.2, 0.25) is 0 Å². The maximum atomic E-state index is 4.77. The van der Waals surface area contributed by atoms with Crippen LogP contribution in [0.4, 0.5) is 23.0 Å². The molecule has 0 radical (unpaired) electrons. The second-order valence-electron chi connectivity index (χ2n) is 10.1. The zero-order valence-corrected chi connectivity index (χ0v) is 21.2. The van der Waals surface area contributed by atoms with E-state index in [0.717, 1.165) is 23.0 Å². The molecule has 0 fully saturated rings. The number of fused-ring (bicyclic) bond motifs is 1. The molecule has 0 amide bonds. The normalized spacial score (nSPS) is 21.3. The molecule has 3 aliphatic carbocycles. The minimum Gasteiger partial charge on any atom is -0.378 e. The SMILES string of the molecule is CN(C)c1ccc(N[C@H]2C3c4ccccc4C(c4ccccc43)[C@@H]2Nc2cc(N(C)C)ccn2)nc1. The third-order valence-corrected chi connectivity index (χ3v) is 7.59. The summed E-state index contributed by atoms with van der Waals surface area (Å²) in [7, 11) is 8.18. The van der Waals surface area contributed by atoms with Crippen LogP contribution in [0.25, 0.3) is 0 Å². The molecule has 6 heteroatoms. The van der Waals surface area contributed by atoms with Gasteiger partial charge < -0.3 is 20.4 Å². The van der Waals surface area contributed by atoms with Crippen molar-refractivity contribution in [1.29, 1.82) is 0 Å². The van der Waals surface area contributed by atoms with Gasteiger partial charge in [-0.2, -0.15) is 0 Å². The Morgan fingerprint density at radius 1 is 0.583 bits per heavy atom. The van der Waals surface area contributed by atoms with Gasteiger partial charge in [-0.25, -0.2) is 9.97 Å². The summed E-state index contributed by atoms with van der Waals surface area (Å²) in [6.45, 7) is 0. The van der Waals surface area contributed by atoms with E-state index in [1.54, 1.807) is 0 Å². The van der Waals surface area contributed by atoms with Gasteiger partial charge in [0.25, 0.3) is 0 Å². The van der Waals surface area contributed by atoms with Gasteiger partial charge in [0, 0.05) is 58.0 Å². The minimum atomic E-state index is 0.0973. The molecule has 2 bridgehead atoms. The molecule has 2 N–H and O–H groups in total. The molecule has 3 aliphatic rings. The summed E-state index contributed by atoms with van der Waals surface area (Å²) in [5.74, 6) is 2.17. The first-order chi connectivity index (χ1) is 17.5. The Kier molecular flexibility index (Phi) is 5.52. The lowest BCUT2D eigenvalue weighted by Crippen LogP contribution is -2.54. The summed E-state index contributed by atoms with van der Waals surface area (Å²) in [6.07, 6.45) is 3.81. The van der Waals surface area contributed by atoms with Crippen LogP contribution in [-0.4, -0.2) is 50.2 Å². The van der Waals surface area contributed by atoms with Gasteiger partial charge >= 0.3 is 0 Å². The predicted octanol–water partition coefficient (Wildman–Crippen LogP) is 5.16. The lowest BCUT2D eigenvalue weighted by atomic mass is 9.59. The Labute approximate surface area is 213 Å². The van der Waals surface area contributed by atoms with Crippen molar-refractivity contribution < 1.29 is 0 Å². The van der Waals surface area contributed by atoms with Crippen LogP contribution in [-0.2, 0) is 0 Å². The third-order valence-electron chi connectivity index (χ3n) is 7.59. The molecule has 2 aromatic heterocycles. The van der Waals surface area contributed by atoms with Gasteiger partial charge in [-0.05, 0) is 40.5 Å². The monoisotopic (exact) mass is 476 g/mol. The summed E-state index contributed by atoms with van der Waals surface area (Å²) >= 11 is 0. The smallest absolute Gasteiger partial charge is 0.128 e. The summed E-state index contributed by atoms with van der Waals surface area (Å²) in [5, 5.41) is 7.69. The van der Waals surface area contributed by atoms with Gasteiger partial charge in [-0.3, -0.25) is 0 Å². The molecular formula is C30H32N6. The second-order valence-corrected chi connectivity index (χ2v) is 10.1. The standard InChI is InChI=1S/C30H32N6/c1-35(2)19-15-16-31-26(17-19)34-30-28-23-11-7-5-9-21(23)27(22-10-6-8-12-24(22)28)29(30)33-25-14-13-20(18-32-25)36(3)4/h5-18,27-30H,1-4H3,(H,31,34)(H,32,33)/t27?,28?,29-,30-/m0/s1. The van der Waals surface area contributed by atoms with Crippen molar-refractivity contribution in [2.75, 3.05) is 48.6 Å². The quantitative estimate of drug-likeness (QED) is 0.401. The van der Waals surface area contributed by atoms with Crippen LogP contribution in [0.15, 0.2) is 85.2 Å². The Bertz CT molecular complexity index is 1330. The maximum Gasteiger partial charge on any atom is 0.128 e. The Morgan fingerprint density at radius 2 is 1.11 bits per heavy atom. The molecule has 4 aromatic rings. The molecule has 2 atom stereocenters. The van der Waals surface area contributed by atoms with Gasteiger partial charge in [0.05, 0.1) is 24.0 Å². The van der Waals surface area contributed by atoms with Gasteiger partial charge in [0.1, 0.15) is 11.6 Å². The molecule has 36 heavy (non-hydrogen) atoms. The fourth-order valence-electron chi connectivity index (χ4n) is 5.88. The fourth-order valence-corrected chi connectivity index (χ4v) is 5.88. The number of benzene rings is 2. The van der Waals surface area contributed by atoms with Crippen molar-refractivity contribution in [3.63, 3.8) is 0 Å². The molecule has 2 aromatic carbocycles. The van der Waals surface area contributed by atoms with Crippen LogP contribution in [0.5, 0.6) is 0 Å². The van der Waals surface area contributed by atoms with E-state index < -0.39 is 0 Å². The molecule has 0 saturated carbocycles. The number of rotatable bonds is 6. The van der Waals surface area contributed by atoms with Crippen molar-refractivity contribution >= 4 is 23.0 Å². The first-order valence-electron chi connectivity index (χ1n) is 12.5. The van der Waals surface area contributed by atoms with E-state index in [-0.39, 0.29) is 23.9 Å². The highest BCUT2D eigenvalue weighted by molar-refractivity contribution is 5.63. The average molecular weight is 477 g/mol. The molecule has 6 nitrogen and oxygen atoms in total. The van der Waals surface area contributed by atoms with Crippen LogP contribution in [0.3, 0.4) is 0 Å². The highest BCUT2D eigenvalue weighted by Gasteiger charge is 2.50. The third kappa shape index (κ3) is 3.73. The molecule has 182 valence electrons. The average Bonchev–Trinajstić information content (AvgIpc) is 2.90. The molecule has 0 unspecified atom stereocenters. The zero-order valence-electron chi connectivity index (χ0n) is 21.2. The van der Waals surface area contributed by atoms with E-state index in [4.69, 9.17) is 9.97 Å². The fraction of sp³-hybridized carbons (Fsp3) is 0.267. The summed E-state index contributed by atoms with van der Waals surface area (Å²) in [6, 6.07) is 26.4. The summed E-state index contributed by atoms with van der Waals surface area (Å²) in [4.78, 5) is 13.6. The summed E-state index contributed by atoms with van der Waals surface area (Å²) in [5.41, 5.74) is 7.81. The van der Waals surface area contributed by atoms with E-state index in [1.807, 2.05) is 32.6 Å². The molecule has 0 spiro atoms. The summed E-state index contributed by atoms with van der Waals surface area (Å²) < 4.78 is 0. The highest BCUT2D eigenvalue weighted by atomic mass is 15.1. The lowest BCUT2D eigenvalue weighted by molar-refractivity contribution is 0.426. The molecular weight excluding hydrogens is 444 g/mol. The van der Waals surface area contributed by atoms with Crippen molar-refractivity contribution in [3.05, 3.63) is 107 Å². The number of pyridine rings is 2. The minimum absolute atomic E-state index is 0.0973. The first kappa shape index (κ1) is 22.4. The van der Waals surface area contributed by atoms with Crippen LogP contribution in [0, 0.1) is 0 Å². The second kappa shape index (κ2) is 8.86. The number of hydrogen-bond donors (Lipinski definition) is 2. The van der Waals surface area contributed by atoms with Gasteiger partial charge in [0.2, 0.25) is 0 Å². The highest BCUT2D eigenvalue weighted by Crippen LogP contribution is 2.54. The van der Waals surface area contributed by atoms with Gasteiger partial charge in [-0.1, -0.05) is 48.5 Å². The van der Waals surface area contributed by atoms with E-state index in [9.17, 15) is 0 Å². The van der Waals surface area contributed by atoms with Crippen LogP contribution in [0.1, 0.15) is 34.1 Å². The zero-order chi connectivity index (χ0) is 24.8. The number of nitrogens with zero attached hydrogens (tertiary/aromatic N) is 4. The van der Waals surface area contributed by atoms with Crippen molar-refractivity contribution in [2.24, 2.45) is 0 Å². The first-order valence-corrected chi connectivity index (χ1v) is 12.5. The number of nitrogens with one attached hydrogen (secondary N) is 2. The number of anilines is 4. The van der Waals surface area contributed by atoms with Gasteiger partial charge in [0.15, 0.2) is 0 Å². The molecule has 0 aliphatic heterocycles. The van der Waals surface area contributed by atoms with E-state index in [0.29, 0.717) is 0 Å². The maximum absolute atomic E-state index is 4.77. The number of hydrogen-bond acceptors (Lipinski definition) is 6. The van der Waals surface area contributed by atoms with Gasteiger partial charge in [-0.15, -0.1) is 0 Å². The van der Waals surface area contributed by atoms with Crippen LogP contribution >= 0.6 is 0 Å². The number of aromatic nitrogens is 2. The van der Waals surface area contributed by atoms with Crippen LogP contribution < -0.4 is 20.4 Å². The van der Waals surface area contributed by atoms with Crippen molar-refractivity contribution in [2.45, 2.75) is 23.9 Å².